The molecule has 1 N–H and O–H groups in total. The first-order chi connectivity index (χ1) is 9.52. The number of aryl methyl sites for hydroxylation is 3. The number of rotatable bonds is 6. The molecular formula is C15H20N2O3. The molecule has 0 aliphatic rings. The van der Waals surface area contributed by atoms with Crippen LogP contribution in [-0.4, -0.2) is 33.3 Å². The molecule has 2 aromatic rings. The maximum atomic E-state index is 11.1. The Morgan fingerprint density at radius 1 is 1.40 bits per heavy atom. The van der Waals surface area contributed by atoms with Crippen LogP contribution >= 0.6 is 0 Å². The van der Waals surface area contributed by atoms with Crippen molar-refractivity contribution >= 4 is 17.0 Å². The van der Waals surface area contributed by atoms with Gasteiger partial charge in [0.25, 0.3) is 0 Å². The number of hydrogen-bond acceptors (Lipinski definition) is 3. The summed E-state index contributed by atoms with van der Waals surface area (Å²) in [5.41, 5.74) is 4.39. The molecule has 0 fully saturated rings. The molecule has 2 rings (SSSR count). The number of ether oxygens (including phenoxy) is 1. The number of carboxylic acids is 1. The van der Waals surface area contributed by atoms with E-state index in [4.69, 9.17) is 9.84 Å². The van der Waals surface area contributed by atoms with Crippen LogP contribution in [0.2, 0.25) is 0 Å². The SMILES string of the molecule is CCOC(CCn1cnc2cc(C)c(C)cc21)C(=O)O. The summed E-state index contributed by atoms with van der Waals surface area (Å²) < 4.78 is 7.21. The van der Waals surface area contributed by atoms with Crippen LogP contribution in [0, 0.1) is 13.8 Å². The van der Waals surface area contributed by atoms with Crippen LogP contribution in [0.4, 0.5) is 0 Å². The number of benzene rings is 1. The van der Waals surface area contributed by atoms with Gasteiger partial charge in [-0.3, -0.25) is 0 Å². The molecule has 0 bridgehead atoms. The first kappa shape index (κ1) is 14.5. The maximum absolute atomic E-state index is 11.1. The fourth-order valence-corrected chi connectivity index (χ4v) is 2.23. The third-order valence-electron chi connectivity index (χ3n) is 3.51. The molecule has 5 nitrogen and oxygen atoms in total. The van der Waals surface area contributed by atoms with Gasteiger partial charge in [0, 0.05) is 19.6 Å². The Labute approximate surface area is 118 Å². The van der Waals surface area contributed by atoms with Crippen molar-refractivity contribution in [2.45, 2.75) is 39.8 Å². The van der Waals surface area contributed by atoms with Gasteiger partial charge in [0.05, 0.1) is 17.4 Å². The zero-order valence-electron chi connectivity index (χ0n) is 12.1. The lowest BCUT2D eigenvalue weighted by molar-refractivity contribution is -0.150. The average Bonchev–Trinajstić information content (AvgIpc) is 2.77. The standard InChI is InChI=1S/C15H20N2O3/c1-4-20-14(15(18)19)5-6-17-9-16-12-7-10(2)11(3)8-13(12)17/h7-9,14H,4-6H2,1-3H3,(H,18,19). The monoisotopic (exact) mass is 276 g/mol. The molecular weight excluding hydrogens is 256 g/mol. The summed E-state index contributed by atoms with van der Waals surface area (Å²) in [7, 11) is 0. The van der Waals surface area contributed by atoms with Crippen molar-refractivity contribution < 1.29 is 14.6 Å². The highest BCUT2D eigenvalue weighted by molar-refractivity contribution is 5.77. The van der Waals surface area contributed by atoms with E-state index in [0.717, 1.165) is 11.0 Å². The van der Waals surface area contributed by atoms with Gasteiger partial charge in [-0.05, 0) is 44.0 Å². The van der Waals surface area contributed by atoms with Crippen LogP contribution in [0.5, 0.6) is 0 Å². The third-order valence-corrected chi connectivity index (χ3v) is 3.51. The largest absolute Gasteiger partial charge is 0.479 e. The first-order valence-corrected chi connectivity index (χ1v) is 6.79. The van der Waals surface area contributed by atoms with Crippen molar-refractivity contribution in [1.82, 2.24) is 9.55 Å². The summed E-state index contributed by atoms with van der Waals surface area (Å²) >= 11 is 0. The molecule has 0 amide bonds. The minimum Gasteiger partial charge on any atom is -0.479 e. The number of nitrogens with zero attached hydrogens (tertiary/aromatic N) is 2. The molecule has 0 spiro atoms. The predicted octanol–water partition coefficient (Wildman–Crippen LogP) is 2.53. The number of hydrogen-bond donors (Lipinski definition) is 1. The number of carboxylic acid groups (broad SMARTS) is 1. The molecule has 108 valence electrons. The Hall–Kier alpha value is -1.88. The molecule has 0 aliphatic heterocycles. The number of carbonyl (C=O) groups is 1. The molecule has 0 saturated carbocycles. The Bertz CT molecular complexity index is 619. The molecule has 1 atom stereocenters. The summed E-state index contributed by atoms with van der Waals surface area (Å²) in [4.78, 5) is 15.4. The van der Waals surface area contributed by atoms with Crippen molar-refractivity contribution in [1.29, 1.82) is 0 Å². The number of aliphatic carboxylic acids is 1. The molecule has 20 heavy (non-hydrogen) atoms. The minimum absolute atomic E-state index is 0.403. The zero-order valence-corrected chi connectivity index (χ0v) is 12.1. The van der Waals surface area contributed by atoms with Crippen LogP contribution in [0.15, 0.2) is 18.5 Å². The van der Waals surface area contributed by atoms with E-state index in [-0.39, 0.29) is 0 Å². The van der Waals surface area contributed by atoms with Crippen molar-refractivity contribution in [3.8, 4) is 0 Å². The van der Waals surface area contributed by atoms with Crippen LogP contribution in [0.3, 0.4) is 0 Å². The second-order valence-corrected chi connectivity index (χ2v) is 4.93. The van der Waals surface area contributed by atoms with Gasteiger partial charge >= 0.3 is 5.97 Å². The van der Waals surface area contributed by atoms with E-state index in [2.05, 4.69) is 31.0 Å². The van der Waals surface area contributed by atoms with Gasteiger partial charge in [-0.2, -0.15) is 0 Å². The molecule has 0 aliphatic carbocycles. The van der Waals surface area contributed by atoms with E-state index in [1.807, 2.05) is 4.57 Å². The zero-order chi connectivity index (χ0) is 14.7. The normalized spacial score (nSPS) is 12.8. The first-order valence-electron chi connectivity index (χ1n) is 6.79. The second-order valence-electron chi connectivity index (χ2n) is 4.93. The highest BCUT2D eigenvalue weighted by Gasteiger charge is 2.17. The van der Waals surface area contributed by atoms with Crippen molar-refractivity contribution in [2.24, 2.45) is 0 Å². The summed E-state index contributed by atoms with van der Waals surface area (Å²) in [5.74, 6) is -0.914. The Kier molecular flexibility index (Phi) is 4.39. The molecule has 0 radical (unpaired) electrons. The number of imidazole rings is 1. The Morgan fingerprint density at radius 2 is 2.10 bits per heavy atom. The lowest BCUT2D eigenvalue weighted by Gasteiger charge is -2.13. The Balaban J connectivity index is 2.17. The summed E-state index contributed by atoms with van der Waals surface area (Å²) in [5, 5.41) is 9.08. The van der Waals surface area contributed by atoms with Crippen molar-refractivity contribution in [3.63, 3.8) is 0 Å². The van der Waals surface area contributed by atoms with Gasteiger partial charge in [-0.1, -0.05) is 0 Å². The van der Waals surface area contributed by atoms with Crippen LogP contribution in [0.1, 0.15) is 24.5 Å². The van der Waals surface area contributed by atoms with Crippen LogP contribution in [0.25, 0.3) is 11.0 Å². The lowest BCUT2D eigenvalue weighted by atomic mass is 10.1. The number of aromatic nitrogens is 2. The summed E-state index contributed by atoms with van der Waals surface area (Å²) in [6.07, 6.45) is 1.43. The van der Waals surface area contributed by atoms with E-state index in [0.29, 0.717) is 19.6 Å². The van der Waals surface area contributed by atoms with Crippen LogP contribution < -0.4 is 0 Å². The second kappa shape index (κ2) is 6.05. The minimum atomic E-state index is -0.914. The van der Waals surface area contributed by atoms with Crippen molar-refractivity contribution in [3.05, 3.63) is 29.6 Å². The van der Waals surface area contributed by atoms with E-state index < -0.39 is 12.1 Å². The highest BCUT2D eigenvalue weighted by atomic mass is 16.5. The Morgan fingerprint density at radius 3 is 2.75 bits per heavy atom. The van der Waals surface area contributed by atoms with Gasteiger partial charge in [0.1, 0.15) is 0 Å². The predicted molar refractivity (Wildman–Crippen MR) is 76.9 cm³/mol. The quantitative estimate of drug-likeness (QED) is 0.880. The molecule has 1 aromatic carbocycles. The van der Waals surface area contributed by atoms with Gasteiger partial charge in [0.15, 0.2) is 6.10 Å². The fourth-order valence-electron chi connectivity index (χ4n) is 2.23. The smallest absolute Gasteiger partial charge is 0.332 e. The molecule has 0 saturated heterocycles. The van der Waals surface area contributed by atoms with Gasteiger partial charge in [0.2, 0.25) is 0 Å². The summed E-state index contributed by atoms with van der Waals surface area (Å²) in [6, 6.07) is 4.15. The third kappa shape index (κ3) is 2.99. The maximum Gasteiger partial charge on any atom is 0.332 e. The van der Waals surface area contributed by atoms with E-state index in [9.17, 15) is 4.79 Å². The van der Waals surface area contributed by atoms with E-state index in [1.54, 1.807) is 13.3 Å². The molecule has 5 heteroatoms. The molecule has 1 heterocycles. The van der Waals surface area contributed by atoms with E-state index >= 15 is 0 Å². The topological polar surface area (TPSA) is 64.4 Å². The van der Waals surface area contributed by atoms with Crippen molar-refractivity contribution in [2.75, 3.05) is 6.61 Å². The van der Waals surface area contributed by atoms with Gasteiger partial charge in [-0.15, -0.1) is 0 Å². The average molecular weight is 276 g/mol. The van der Waals surface area contributed by atoms with Gasteiger partial charge in [-0.25, -0.2) is 9.78 Å². The van der Waals surface area contributed by atoms with Crippen LogP contribution in [-0.2, 0) is 16.1 Å². The lowest BCUT2D eigenvalue weighted by Crippen LogP contribution is -2.25. The fraction of sp³-hybridized carbons (Fsp3) is 0.467. The van der Waals surface area contributed by atoms with Gasteiger partial charge < -0.3 is 14.4 Å². The summed E-state index contributed by atoms with van der Waals surface area (Å²) in [6.45, 7) is 6.90. The molecule has 1 aromatic heterocycles. The number of fused-ring (bicyclic) bond motifs is 1. The molecule has 1 unspecified atom stereocenters. The van der Waals surface area contributed by atoms with E-state index in [1.165, 1.54) is 11.1 Å². The highest BCUT2D eigenvalue weighted by Crippen LogP contribution is 2.19.